The number of para-hydroxylation sites is 1. The molecule has 0 aliphatic rings. The normalized spacial score (nSPS) is 11.5. The summed E-state index contributed by atoms with van der Waals surface area (Å²) in [5, 5.41) is 6.77. The van der Waals surface area contributed by atoms with Gasteiger partial charge in [0.2, 0.25) is 0 Å². The van der Waals surface area contributed by atoms with Crippen LogP contribution in [0, 0.1) is 0 Å². The lowest BCUT2D eigenvalue weighted by molar-refractivity contribution is 0.670. The molecule has 2 aromatic heterocycles. The lowest BCUT2D eigenvalue weighted by Crippen LogP contribution is -2.00. The van der Waals surface area contributed by atoms with Crippen LogP contribution in [-0.2, 0) is 0 Å². The Morgan fingerprint density at radius 2 is 0.843 bits per heavy atom. The second-order valence-electron chi connectivity index (χ2n) is 12.8. The van der Waals surface area contributed by atoms with Crippen LogP contribution in [0.25, 0.3) is 99.9 Å². The fourth-order valence-corrected chi connectivity index (χ4v) is 7.13. The number of benzene rings is 8. The van der Waals surface area contributed by atoms with E-state index in [1.807, 2.05) is 54.6 Å². The average Bonchev–Trinajstić information content (AvgIpc) is 3.60. The molecule has 4 heteroatoms. The van der Waals surface area contributed by atoms with Gasteiger partial charge in [-0.2, -0.15) is 0 Å². The van der Waals surface area contributed by atoms with Crippen molar-refractivity contribution in [1.29, 1.82) is 0 Å². The van der Waals surface area contributed by atoms with Gasteiger partial charge in [-0.15, -0.1) is 0 Å². The first-order chi connectivity index (χ1) is 25.2. The predicted molar refractivity (Wildman–Crippen MR) is 209 cm³/mol. The molecule has 0 unspecified atom stereocenters. The van der Waals surface area contributed by atoms with Gasteiger partial charge in [0.05, 0.1) is 0 Å². The van der Waals surface area contributed by atoms with Gasteiger partial charge in [-0.05, 0) is 74.6 Å². The summed E-state index contributed by atoms with van der Waals surface area (Å²) < 4.78 is 6.57. The van der Waals surface area contributed by atoms with Crippen molar-refractivity contribution in [3.63, 3.8) is 0 Å². The van der Waals surface area contributed by atoms with Gasteiger partial charge in [0.1, 0.15) is 11.2 Å². The number of fused-ring (bicyclic) bond motifs is 5. The van der Waals surface area contributed by atoms with Crippen LogP contribution in [0.1, 0.15) is 0 Å². The zero-order chi connectivity index (χ0) is 33.7. The molecule has 10 aromatic rings. The summed E-state index contributed by atoms with van der Waals surface area (Å²) in [5.74, 6) is 1.84. The molecule has 0 amide bonds. The first-order valence-electron chi connectivity index (χ1n) is 17.1. The van der Waals surface area contributed by atoms with Gasteiger partial charge in [0, 0.05) is 33.0 Å². The second-order valence-corrected chi connectivity index (χ2v) is 12.8. The topological polar surface area (TPSA) is 51.8 Å². The molecule has 0 aliphatic carbocycles. The first kappa shape index (κ1) is 29.0. The Hall–Kier alpha value is -6.91. The third-order valence-electron chi connectivity index (χ3n) is 9.70. The van der Waals surface area contributed by atoms with Crippen LogP contribution in [-0.4, -0.2) is 15.0 Å². The lowest BCUT2D eigenvalue weighted by atomic mass is 9.97. The van der Waals surface area contributed by atoms with Crippen molar-refractivity contribution in [3.8, 4) is 56.4 Å². The third-order valence-corrected chi connectivity index (χ3v) is 9.70. The van der Waals surface area contributed by atoms with Gasteiger partial charge in [0.15, 0.2) is 17.5 Å². The molecule has 238 valence electrons. The zero-order valence-electron chi connectivity index (χ0n) is 27.5. The molecule has 51 heavy (non-hydrogen) atoms. The van der Waals surface area contributed by atoms with E-state index in [-0.39, 0.29) is 0 Å². The van der Waals surface area contributed by atoms with Crippen LogP contribution in [0.4, 0.5) is 0 Å². The molecule has 0 N–H and O–H groups in total. The van der Waals surface area contributed by atoms with Gasteiger partial charge in [0.25, 0.3) is 0 Å². The van der Waals surface area contributed by atoms with Gasteiger partial charge in [-0.3, -0.25) is 0 Å². The number of aromatic nitrogens is 3. The van der Waals surface area contributed by atoms with Crippen LogP contribution in [0.2, 0.25) is 0 Å². The maximum Gasteiger partial charge on any atom is 0.164 e. The molecule has 0 radical (unpaired) electrons. The Morgan fingerprint density at radius 1 is 0.333 bits per heavy atom. The van der Waals surface area contributed by atoms with E-state index >= 15 is 0 Å². The molecule has 8 aromatic carbocycles. The Bertz CT molecular complexity index is 2910. The monoisotopic (exact) mass is 651 g/mol. The van der Waals surface area contributed by atoms with Gasteiger partial charge < -0.3 is 4.42 Å². The van der Waals surface area contributed by atoms with E-state index < -0.39 is 0 Å². The fourth-order valence-electron chi connectivity index (χ4n) is 7.13. The Balaban J connectivity index is 1.14. The Morgan fingerprint density at radius 3 is 1.59 bits per heavy atom. The van der Waals surface area contributed by atoms with E-state index in [2.05, 4.69) is 121 Å². The van der Waals surface area contributed by atoms with E-state index in [9.17, 15) is 0 Å². The third kappa shape index (κ3) is 5.13. The summed E-state index contributed by atoms with van der Waals surface area (Å²) in [5.41, 5.74) is 8.90. The molecule has 0 fully saturated rings. The minimum atomic E-state index is 0.599. The SMILES string of the molecule is c1ccc(-c2nc(-c3ccc4cc(-c5ccc6ccccc6c5)ccc4c3)nc(-c3ccc(-c4ccccc4)c4oc5ccccc5c34)n2)cc1. The Kier molecular flexibility index (Phi) is 6.78. The van der Waals surface area contributed by atoms with Crippen LogP contribution in [0.3, 0.4) is 0 Å². The van der Waals surface area contributed by atoms with Gasteiger partial charge in [-0.25, -0.2) is 15.0 Å². The smallest absolute Gasteiger partial charge is 0.164 e. The summed E-state index contributed by atoms with van der Waals surface area (Å²) in [7, 11) is 0. The highest BCUT2D eigenvalue weighted by atomic mass is 16.3. The fraction of sp³-hybridized carbons (Fsp3) is 0. The summed E-state index contributed by atoms with van der Waals surface area (Å²) in [4.78, 5) is 15.3. The van der Waals surface area contributed by atoms with E-state index in [0.717, 1.165) is 60.5 Å². The van der Waals surface area contributed by atoms with Crippen molar-refractivity contribution in [3.05, 3.63) is 176 Å². The van der Waals surface area contributed by atoms with Crippen LogP contribution in [0.15, 0.2) is 180 Å². The minimum absolute atomic E-state index is 0.599. The quantitative estimate of drug-likeness (QED) is 0.186. The lowest BCUT2D eigenvalue weighted by Gasteiger charge is -2.11. The molecule has 10 rings (SSSR count). The highest BCUT2D eigenvalue weighted by Crippen LogP contribution is 2.41. The van der Waals surface area contributed by atoms with Crippen molar-refractivity contribution in [1.82, 2.24) is 15.0 Å². The Labute approximate surface area is 294 Å². The molecule has 0 spiro atoms. The second kappa shape index (κ2) is 11.9. The number of nitrogens with zero attached hydrogens (tertiary/aromatic N) is 3. The number of hydrogen-bond acceptors (Lipinski definition) is 4. The van der Waals surface area contributed by atoms with Crippen molar-refractivity contribution in [2.45, 2.75) is 0 Å². The maximum atomic E-state index is 6.57. The highest BCUT2D eigenvalue weighted by Gasteiger charge is 2.20. The van der Waals surface area contributed by atoms with Crippen molar-refractivity contribution in [2.24, 2.45) is 0 Å². The van der Waals surface area contributed by atoms with E-state index in [1.54, 1.807) is 0 Å². The zero-order valence-corrected chi connectivity index (χ0v) is 27.5. The van der Waals surface area contributed by atoms with Crippen molar-refractivity contribution in [2.75, 3.05) is 0 Å². The number of rotatable bonds is 5. The van der Waals surface area contributed by atoms with Gasteiger partial charge >= 0.3 is 0 Å². The van der Waals surface area contributed by atoms with Crippen LogP contribution >= 0.6 is 0 Å². The molecular formula is C47H29N3O. The molecule has 0 saturated heterocycles. The summed E-state index contributed by atoms with van der Waals surface area (Å²) in [6.07, 6.45) is 0. The standard InChI is InChI=1S/C47H29N3O/c1-3-12-31(13-4-1)39-25-26-41(43-40-17-9-10-18-42(40)51-44(39)43)47-49-45(32-14-5-2-6-15-32)48-46(50-47)38-24-23-36-28-35(21-22-37(36)29-38)34-20-19-30-11-7-8-16-33(30)27-34/h1-29H. The van der Waals surface area contributed by atoms with Crippen molar-refractivity contribution >= 4 is 43.5 Å². The molecule has 0 aliphatic heterocycles. The number of furan rings is 1. The largest absolute Gasteiger partial charge is 0.455 e. The predicted octanol–water partition coefficient (Wildman–Crippen LogP) is 12.4. The molecule has 0 saturated carbocycles. The highest BCUT2D eigenvalue weighted by molar-refractivity contribution is 6.15. The molecule has 0 bridgehead atoms. The molecule has 4 nitrogen and oxygen atoms in total. The van der Waals surface area contributed by atoms with E-state index in [0.29, 0.717) is 17.5 Å². The average molecular weight is 652 g/mol. The molecule has 2 heterocycles. The van der Waals surface area contributed by atoms with Crippen LogP contribution in [0.5, 0.6) is 0 Å². The summed E-state index contributed by atoms with van der Waals surface area (Å²) in [6.45, 7) is 0. The van der Waals surface area contributed by atoms with Crippen LogP contribution < -0.4 is 0 Å². The number of hydrogen-bond donors (Lipinski definition) is 0. The molecular weight excluding hydrogens is 623 g/mol. The van der Waals surface area contributed by atoms with Crippen molar-refractivity contribution < 1.29 is 4.42 Å². The minimum Gasteiger partial charge on any atom is -0.455 e. The van der Waals surface area contributed by atoms with Gasteiger partial charge in [-0.1, -0.05) is 140 Å². The summed E-state index contributed by atoms with van der Waals surface area (Å²) in [6, 6.07) is 61.1. The van der Waals surface area contributed by atoms with E-state index in [4.69, 9.17) is 19.4 Å². The first-order valence-corrected chi connectivity index (χ1v) is 17.1. The van der Waals surface area contributed by atoms with E-state index in [1.165, 1.54) is 21.9 Å². The maximum absolute atomic E-state index is 6.57. The molecule has 0 atom stereocenters. The summed E-state index contributed by atoms with van der Waals surface area (Å²) >= 11 is 0.